The Bertz CT molecular complexity index is 938. The topological polar surface area (TPSA) is 125 Å². The number of nitrogens with one attached hydrogen (secondary N) is 2. The molecule has 0 atom stereocenters. The monoisotopic (exact) mass is 361 g/mol. The summed E-state index contributed by atoms with van der Waals surface area (Å²) in [5.74, 6) is -2.27. The number of hydrogen-bond donors (Lipinski definition) is 3. The molecule has 2 aromatic rings. The van der Waals surface area contributed by atoms with Gasteiger partial charge in [0.1, 0.15) is 5.69 Å². The summed E-state index contributed by atoms with van der Waals surface area (Å²) in [7, 11) is -4.14. The summed E-state index contributed by atoms with van der Waals surface area (Å²) in [4.78, 5) is 26.6. The minimum Gasteiger partial charge on any atom is -0.478 e. The van der Waals surface area contributed by atoms with E-state index in [1.165, 1.54) is 24.3 Å². The summed E-state index contributed by atoms with van der Waals surface area (Å²) in [6.07, 6.45) is 4.49. The molecule has 0 aliphatic carbocycles. The second-order valence-electron chi connectivity index (χ2n) is 4.84. The molecule has 8 nitrogen and oxygen atoms in total. The lowest BCUT2D eigenvalue weighted by molar-refractivity contribution is 0.0696. The van der Waals surface area contributed by atoms with Crippen LogP contribution in [0.25, 0.3) is 0 Å². The molecule has 0 fully saturated rings. The average Bonchev–Trinajstić information content (AvgIpc) is 2.60. The molecule has 3 N–H and O–H groups in total. The van der Waals surface area contributed by atoms with Crippen molar-refractivity contribution in [1.82, 2.24) is 9.71 Å². The number of carbonyl (C=O) groups excluding carboxylic acids is 1. The maximum atomic E-state index is 12.3. The predicted molar refractivity (Wildman–Crippen MR) is 90.7 cm³/mol. The maximum Gasteiger partial charge on any atom is 0.335 e. The fraction of sp³-hybridized carbons (Fsp3) is 0.0625. The van der Waals surface area contributed by atoms with E-state index in [4.69, 9.17) is 5.11 Å². The highest BCUT2D eigenvalue weighted by atomic mass is 32.2. The number of allylic oxidation sites excluding steroid dienone is 1. The third-order valence-corrected chi connectivity index (χ3v) is 4.36. The first-order valence-electron chi connectivity index (χ1n) is 7.08. The number of pyridine rings is 1. The highest BCUT2D eigenvalue weighted by Gasteiger charge is 2.20. The first-order chi connectivity index (χ1) is 11.8. The Morgan fingerprint density at radius 2 is 1.96 bits per heavy atom. The van der Waals surface area contributed by atoms with Crippen molar-refractivity contribution in [2.24, 2.45) is 0 Å². The van der Waals surface area contributed by atoms with Gasteiger partial charge in [-0.3, -0.25) is 9.78 Å². The molecular formula is C16H15N3O5S. The van der Waals surface area contributed by atoms with Crippen LogP contribution in [0.5, 0.6) is 0 Å². The Morgan fingerprint density at radius 3 is 2.64 bits per heavy atom. The first-order valence-corrected chi connectivity index (χ1v) is 8.56. The number of nitrogens with zero attached hydrogens (tertiary/aromatic N) is 1. The van der Waals surface area contributed by atoms with Gasteiger partial charge in [0.05, 0.1) is 10.5 Å². The van der Waals surface area contributed by atoms with Crippen molar-refractivity contribution in [3.8, 4) is 0 Å². The minimum atomic E-state index is -4.14. The second-order valence-corrected chi connectivity index (χ2v) is 6.52. The van der Waals surface area contributed by atoms with Gasteiger partial charge in [-0.25, -0.2) is 17.9 Å². The number of benzene rings is 1. The second kappa shape index (κ2) is 7.58. The van der Waals surface area contributed by atoms with E-state index in [2.05, 4.69) is 10.3 Å². The Balaban J connectivity index is 2.25. The Hall–Kier alpha value is -3.20. The van der Waals surface area contributed by atoms with Crippen molar-refractivity contribution >= 4 is 27.6 Å². The Labute approximate surface area is 144 Å². The average molecular weight is 361 g/mol. The van der Waals surface area contributed by atoms with Gasteiger partial charge in [-0.05, 0) is 43.5 Å². The zero-order chi connectivity index (χ0) is 18.4. The van der Waals surface area contributed by atoms with Crippen molar-refractivity contribution in [1.29, 1.82) is 0 Å². The number of aromatic carboxylic acids is 1. The van der Waals surface area contributed by atoms with Gasteiger partial charge in [-0.2, -0.15) is 0 Å². The van der Waals surface area contributed by atoms with Gasteiger partial charge in [0, 0.05) is 11.9 Å². The molecule has 0 saturated carbocycles. The van der Waals surface area contributed by atoms with Gasteiger partial charge in [0.15, 0.2) is 0 Å². The standard InChI is InChI=1S/C16H15N3O5S/c1-2-7-17-12-4-3-5-13(10-12)25(23,24)19-15(20)14-9-11(16(21)22)6-8-18-14/h2-10,17H,1H3,(H,19,20)(H,21,22). The highest BCUT2D eigenvalue weighted by Crippen LogP contribution is 2.16. The van der Waals surface area contributed by atoms with Crippen molar-refractivity contribution in [3.63, 3.8) is 0 Å². The Kier molecular flexibility index (Phi) is 5.50. The third-order valence-electron chi connectivity index (χ3n) is 3.03. The molecule has 0 spiro atoms. The lowest BCUT2D eigenvalue weighted by Crippen LogP contribution is -2.31. The maximum absolute atomic E-state index is 12.3. The van der Waals surface area contributed by atoms with Crippen LogP contribution < -0.4 is 10.0 Å². The van der Waals surface area contributed by atoms with E-state index >= 15 is 0 Å². The number of rotatable bonds is 6. The molecule has 9 heteroatoms. The number of anilines is 1. The molecule has 0 unspecified atom stereocenters. The molecule has 0 bridgehead atoms. The van der Waals surface area contributed by atoms with E-state index in [0.717, 1.165) is 12.3 Å². The molecule has 1 aromatic carbocycles. The zero-order valence-electron chi connectivity index (χ0n) is 13.1. The van der Waals surface area contributed by atoms with E-state index in [9.17, 15) is 18.0 Å². The largest absolute Gasteiger partial charge is 0.478 e. The van der Waals surface area contributed by atoms with Crippen LogP contribution in [0.4, 0.5) is 5.69 Å². The molecule has 2 rings (SSSR count). The summed E-state index contributed by atoms with van der Waals surface area (Å²) >= 11 is 0. The summed E-state index contributed by atoms with van der Waals surface area (Å²) in [6, 6.07) is 8.07. The van der Waals surface area contributed by atoms with Crippen molar-refractivity contribution in [2.75, 3.05) is 5.32 Å². The number of carboxylic acids is 1. The first kappa shape index (κ1) is 18.1. The molecule has 0 saturated heterocycles. The molecule has 0 radical (unpaired) electrons. The molecule has 1 amide bonds. The highest BCUT2D eigenvalue weighted by molar-refractivity contribution is 7.90. The van der Waals surface area contributed by atoms with E-state index in [1.807, 2.05) is 4.72 Å². The fourth-order valence-corrected chi connectivity index (χ4v) is 2.86. The van der Waals surface area contributed by atoms with Crippen LogP contribution in [0.15, 0.2) is 59.8 Å². The quantitative estimate of drug-likeness (QED) is 0.717. The number of carboxylic acid groups (broad SMARTS) is 1. The van der Waals surface area contributed by atoms with Crippen molar-refractivity contribution < 1.29 is 23.1 Å². The zero-order valence-corrected chi connectivity index (χ0v) is 13.9. The van der Waals surface area contributed by atoms with Crippen LogP contribution in [0, 0.1) is 0 Å². The van der Waals surface area contributed by atoms with E-state index in [-0.39, 0.29) is 16.2 Å². The predicted octanol–water partition coefficient (Wildman–Crippen LogP) is 1.84. The van der Waals surface area contributed by atoms with Gasteiger partial charge in [0.2, 0.25) is 0 Å². The molecular weight excluding hydrogens is 346 g/mol. The SMILES string of the molecule is CC=CNc1cccc(S(=O)(=O)NC(=O)c2cc(C(=O)O)ccn2)c1. The lowest BCUT2D eigenvalue weighted by Gasteiger charge is -2.08. The van der Waals surface area contributed by atoms with Gasteiger partial charge in [-0.15, -0.1) is 0 Å². The summed E-state index contributed by atoms with van der Waals surface area (Å²) < 4.78 is 26.5. The molecule has 25 heavy (non-hydrogen) atoms. The van der Waals surface area contributed by atoms with Crippen LogP contribution in [-0.2, 0) is 10.0 Å². The minimum absolute atomic E-state index is 0.121. The van der Waals surface area contributed by atoms with Crippen LogP contribution in [0.2, 0.25) is 0 Å². The third kappa shape index (κ3) is 4.64. The van der Waals surface area contributed by atoms with Crippen LogP contribution in [0.3, 0.4) is 0 Å². The molecule has 1 aromatic heterocycles. The van der Waals surface area contributed by atoms with Crippen molar-refractivity contribution in [3.05, 3.63) is 66.1 Å². The number of sulfonamides is 1. The molecule has 0 aliphatic rings. The molecule has 130 valence electrons. The number of hydrogen-bond acceptors (Lipinski definition) is 6. The fourth-order valence-electron chi connectivity index (χ4n) is 1.85. The summed E-state index contributed by atoms with van der Waals surface area (Å²) in [5.41, 5.74) is 0.0428. The lowest BCUT2D eigenvalue weighted by atomic mass is 10.2. The van der Waals surface area contributed by atoms with Gasteiger partial charge < -0.3 is 10.4 Å². The Morgan fingerprint density at radius 1 is 1.20 bits per heavy atom. The number of carbonyl (C=O) groups is 2. The van der Waals surface area contributed by atoms with E-state index in [1.54, 1.807) is 25.3 Å². The summed E-state index contributed by atoms with van der Waals surface area (Å²) in [5, 5.41) is 11.8. The number of aromatic nitrogens is 1. The van der Waals surface area contributed by atoms with Crippen molar-refractivity contribution in [2.45, 2.75) is 11.8 Å². The molecule has 0 aliphatic heterocycles. The normalized spacial score (nSPS) is 11.2. The van der Waals surface area contributed by atoms with E-state index in [0.29, 0.717) is 5.69 Å². The van der Waals surface area contributed by atoms with Crippen LogP contribution in [-0.4, -0.2) is 30.4 Å². The smallest absolute Gasteiger partial charge is 0.335 e. The van der Waals surface area contributed by atoms with Gasteiger partial charge in [-0.1, -0.05) is 12.1 Å². The molecule has 1 heterocycles. The summed E-state index contributed by atoms with van der Waals surface area (Å²) in [6.45, 7) is 1.80. The van der Waals surface area contributed by atoms with Gasteiger partial charge in [0.25, 0.3) is 15.9 Å². The van der Waals surface area contributed by atoms with E-state index < -0.39 is 21.9 Å². The van der Waals surface area contributed by atoms with Crippen LogP contribution in [0.1, 0.15) is 27.8 Å². The van der Waals surface area contributed by atoms with Gasteiger partial charge >= 0.3 is 5.97 Å². The van der Waals surface area contributed by atoms with Crippen LogP contribution >= 0.6 is 0 Å². The number of amides is 1.